The highest BCUT2D eigenvalue weighted by Crippen LogP contribution is 2.25. The van der Waals surface area contributed by atoms with Gasteiger partial charge >= 0.3 is 0 Å². The first-order valence-corrected chi connectivity index (χ1v) is 9.59. The Hall–Kier alpha value is -3.31. The molecular formula is C24H26N2O3. The molecule has 5 nitrogen and oxygen atoms in total. The van der Waals surface area contributed by atoms with Crippen LogP contribution in [-0.4, -0.2) is 26.2 Å². The zero-order valence-corrected chi connectivity index (χ0v) is 16.7. The predicted octanol–water partition coefficient (Wildman–Crippen LogP) is 4.35. The number of para-hydroxylation sites is 2. The Kier molecular flexibility index (Phi) is 7.25. The lowest BCUT2D eigenvalue weighted by Crippen LogP contribution is -2.35. The molecule has 3 aromatic carbocycles. The van der Waals surface area contributed by atoms with Gasteiger partial charge in [-0.25, -0.2) is 0 Å². The number of ether oxygens (including phenoxy) is 2. The molecule has 29 heavy (non-hydrogen) atoms. The van der Waals surface area contributed by atoms with Crippen LogP contribution in [0.2, 0.25) is 0 Å². The molecule has 0 aliphatic heterocycles. The van der Waals surface area contributed by atoms with Gasteiger partial charge in [0.2, 0.25) is 5.91 Å². The Morgan fingerprint density at radius 3 is 2.24 bits per heavy atom. The van der Waals surface area contributed by atoms with Gasteiger partial charge in [0, 0.05) is 12.2 Å². The molecule has 2 N–H and O–H groups in total. The summed E-state index contributed by atoms with van der Waals surface area (Å²) in [5.41, 5.74) is 2.82. The summed E-state index contributed by atoms with van der Waals surface area (Å²) in [4.78, 5) is 12.9. The first kappa shape index (κ1) is 20.4. The lowest BCUT2D eigenvalue weighted by molar-refractivity contribution is -0.118. The second kappa shape index (κ2) is 10.3. The van der Waals surface area contributed by atoms with E-state index in [1.807, 2.05) is 85.8 Å². The summed E-state index contributed by atoms with van der Waals surface area (Å²) in [6, 6.07) is 24.4. The number of rotatable bonds is 9. The van der Waals surface area contributed by atoms with Gasteiger partial charge < -0.3 is 14.8 Å². The number of amides is 1. The van der Waals surface area contributed by atoms with Crippen molar-refractivity contribution in [2.45, 2.75) is 13.0 Å². The third-order valence-corrected chi connectivity index (χ3v) is 4.49. The van der Waals surface area contributed by atoms with E-state index in [1.165, 1.54) is 0 Å². The lowest BCUT2D eigenvalue weighted by atomic mass is 10.1. The van der Waals surface area contributed by atoms with Crippen molar-refractivity contribution < 1.29 is 14.3 Å². The Balaban J connectivity index is 1.63. The Morgan fingerprint density at radius 2 is 1.55 bits per heavy atom. The summed E-state index contributed by atoms with van der Waals surface area (Å²) < 4.78 is 11.1. The molecule has 0 saturated heterocycles. The smallest absolute Gasteiger partial charge is 0.246 e. The highest BCUT2D eigenvalue weighted by atomic mass is 16.5. The number of carbonyl (C=O) groups excluding carboxylic acids is 1. The number of aryl methyl sites for hydroxylation is 1. The zero-order chi connectivity index (χ0) is 20.5. The molecule has 0 heterocycles. The second-order valence-electron chi connectivity index (χ2n) is 6.65. The molecule has 3 rings (SSSR count). The Labute approximate surface area is 171 Å². The first-order valence-electron chi connectivity index (χ1n) is 9.59. The van der Waals surface area contributed by atoms with Crippen molar-refractivity contribution in [3.05, 3.63) is 90.0 Å². The summed E-state index contributed by atoms with van der Waals surface area (Å²) in [6.45, 7) is 2.92. The molecule has 0 unspecified atom stereocenters. The minimum absolute atomic E-state index is 0.114. The number of nitrogens with one attached hydrogen (secondary N) is 2. The average molecular weight is 390 g/mol. The summed E-state index contributed by atoms with van der Waals surface area (Å²) in [7, 11) is 1.61. The van der Waals surface area contributed by atoms with Gasteiger partial charge in [0.25, 0.3) is 0 Å². The van der Waals surface area contributed by atoms with E-state index < -0.39 is 6.04 Å². The van der Waals surface area contributed by atoms with Crippen molar-refractivity contribution in [3.8, 4) is 11.5 Å². The van der Waals surface area contributed by atoms with Gasteiger partial charge in [0.15, 0.2) is 11.5 Å². The topological polar surface area (TPSA) is 59.6 Å². The molecule has 1 amide bonds. The molecule has 0 aromatic heterocycles. The van der Waals surface area contributed by atoms with E-state index in [9.17, 15) is 4.79 Å². The molecule has 0 saturated carbocycles. The second-order valence-corrected chi connectivity index (χ2v) is 6.65. The number of methoxy groups -OCH3 is 1. The summed E-state index contributed by atoms with van der Waals surface area (Å²) in [5, 5.41) is 6.28. The summed E-state index contributed by atoms with van der Waals surface area (Å²) in [5.74, 6) is 1.25. The normalized spacial score (nSPS) is 11.5. The number of hydrogen-bond donors (Lipinski definition) is 2. The predicted molar refractivity (Wildman–Crippen MR) is 115 cm³/mol. The molecule has 0 aliphatic carbocycles. The van der Waals surface area contributed by atoms with Crippen molar-refractivity contribution >= 4 is 11.6 Å². The van der Waals surface area contributed by atoms with E-state index in [1.54, 1.807) is 7.11 Å². The summed E-state index contributed by atoms with van der Waals surface area (Å²) >= 11 is 0. The number of anilines is 1. The van der Waals surface area contributed by atoms with Crippen LogP contribution in [0.5, 0.6) is 11.5 Å². The summed E-state index contributed by atoms with van der Waals surface area (Å²) in [6.07, 6.45) is 0. The fourth-order valence-corrected chi connectivity index (χ4v) is 2.96. The van der Waals surface area contributed by atoms with Gasteiger partial charge in [0.1, 0.15) is 12.6 Å². The van der Waals surface area contributed by atoms with Gasteiger partial charge in [0.05, 0.1) is 7.11 Å². The van der Waals surface area contributed by atoms with Crippen LogP contribution in [0.4, 0.5) is 5.69 Å². The minimum Gasteiger partial charge on any atom is -0.493 e. The van der Waals surface area contributed by atoms with Crippen LogP contribution >= 0.6 is 0 Å². The lowest BCUT2D eigenvalue weighted by Gasteiger charge is -2.19. The van der Waals surface area contributed by atoms with E-state index in [0.717, 1.165) is 16.8 Å². The van der Waals surface area contributed by atoms with E-state index in [4.69, 9.17) is 9.47 Å². The molecule has 0 spiro atoms. The largest absolute Gasteiger partial charge is 0.493 e. The fraction of sp³-hybridized carbons (Fsp3) is 0.208. The van der Waals surface area contributed by atoms with E-state index in [0.29, 0.717) is 24.7 Å². The van der Waals surface area contributed by atoms with Crippen LogP contribution in [0.15, 0.2) is 78.9 Å². The molecule has 0 aliphatic rings. The molecule has 3 aromatic rings. The van der Waals surface area contributed by atoms with E-state index in [-0.39, 0.29) is 5.91 Å². The third kappa shape index (κ3) is 5.83. The highest BCUT2D eigenvalue weighted by molar-refractivity contribution is 5.95. The zero-order valence-electron chi connectivity index (χ0n) is 16.7. The quantitative estimate of drug-likeness (QED) is 0.533. The fourth-order valence-electron chi connectivity index (χ4n) is 2.96. The van der Waals surface area contributed by atoms with Gasteiger partial charge in [-0.05, 0) is 36.8 Å². The van der Waals surface area contributed by atoms with Crippen molar-refractivity contribution in [1.82, 2.24) is 5.32 Å². The van der Waals surface area contributed by atoms with Crippen molar-refractivity contribution in [2.24, 2.45) is 0 Å². The maximum Gasteiger partial charge on any atom is 0.246 e. The van der Waals surface area contributed by atoms with Gasteiger partial charge in [-0.2, -0.15) is 0 Å². The number of carbonyl (C=O) groups is 1. The average Bonchev–Trinajstić information content (AvgIpc) is 2.76. The SMILES string of the molecule is COc1ccccc1OCCN[C@H](C(=O)Nc1ccc(C)cc1)c1ccccc1. The van der Waals surface area contributed by atoms with Crippen molar-refractivity contribution in [3.63, 3.8) is 0 Å². The third-order valence-electron chi connectivity index (χ3n) is 4.49. The molecule has 0 bridgehead atoms. The van der Waals surface area contributed by atoms with Crippen molar-refractivity contribution in [2.75, 3.05) is 25.6 Å². The number of hydrogen-bond acceptors (Lipinski definition) is 4. The minimum atomic E-state index is -0.487. The van der Waals surface area contributed by atoms with Gasteiger partial charge in [-0.1, -0.05) is 60.2 Å². The standard InChI is InChI=1S/C24H26N2O3/c1-18-12-14-20(15-13-18)26-24(27)23(19-8-4-3-5-9-19)25-16-17-29-22-11-7-6-10-21(22)28-2/h3-15,23,25H,16-17H2,1-2H3,(H,26,27)/t23-/m0/s1. The highest BCUT2D eigenvalue weighted by Gasteiger charge is 2.20. The Bertz CT molecular complexity index is 911. The maximum absolute atomic E-state index is 12.9. The Morgan fingerprint density at radius 1 is 0.897 bits per heavy atom. The van der Waals surface area contributed by atoms with Crippen LogP contribution < -0.4 is 20.1 Å². The van der Waals surface area contributed by atoms with Crippen LogP contribution in [0, 0.1) is 6.92 Å². The van der Waals surface area contributed by atoms with Crippen LogP contribution in [0.3, 0.4) is 0 Å². The van der Waals surface area contributed by atoms with Crippen LogP contribution in [0.25, 0.3) is 0 Å². The molecule has 0 radical (unpaired) electrons. The van der Waals surface area contributed by atoms with Gasteiger partial charge in [-0.15, -0.1) is 0 Å². The monoisotopic (exact) mass is 390 g/mol. The molecule has 150 valence electrons. The van der Waals surface area contributed by atoms with E-state index >= 15 is 0 Å². The van der Waals surface area contributed by atoms with Crippen LogP contribution in [-0.2, 0) is 4.79 Å². The molecular weight excluding hydrogens is 364 g/mol. The first-order chi connectivity index (χ1) is 14.2. The molecule has 1 atom stereocenters. The molecule has 0 fully saturated rings. The van der Waals surface area contributed by atoms with Gasteiger partial charge in [-0.3, -0.25) is 10.1 Å². The molecule has 5 heteroatoms. The van der Waals surface area contributed by atoms with Crippen molar-refractivity contribution in [1.29, 1.82) is 0 Å². The van der Waals surface area contributed by atoms with Crippen LogP contribution in [0.1, 0.15) is 17.2 Å². The maximum atomic E-state index is 12.9. The number of benzene rings is 3. The van der Waals surface area contributed by atoms with E-state index in [2.05, 4.69) is 10.6 Å².